The van der Waals surface area contributed by atoms with Gasteiger partial charge < -0.3 is 18.9 Å². The molecule has 33 heavy (non-hydrogen) atoms. The van der Waals surface area contributed by atoms with Crippen LogP contribution >= 0.6 is 0 Å². The van der Waals surface area contributed by atoms with E-state index in [0.717, 1.165) is 17.7 Å². The van der Waals surface area contributed by atoms with Gasteiger partial charge in [-0.25, -0.2) is 4.79 Å². The van der Waals surface area contributed by atoms with E-state index in [4.69, 9.17) is 18.9 Å². The fourth-order valence-corrected chi connectivity index (χ4v) is 3.12. The minimum atomic E-state index is -0.705. The van der Waals surface area contributed by atoms with Crippen molar-refractivity contribution in [2.24, 2.45) is 0 Å². The van der Waals surface area contributed by atoms with Crippen molar-refractivity contribution in [2.45, 2.75) is 65.9 Å². The molecule has 7 heteroatoms. The van der Waals surface area contributed by atoms with Gasteiger partial charge in [-0.2, -0.15) is 0 Å². The largest absolute Gasteiger partial charge is 0.494 e. The summed E-state index contributed by atoms with van der Waals surface area (Å²) in [5.74, 6) is -0.873. The Kier molecular flexibility index (Phi) is 10.9. The Balaban J connectivity index is 1.89. The van der Waals surface area contributed by atoms with Gasteiger partial charge in [0.1, 0.15) is 29.4 Å². The summed E-state index contributed by atoms with van der Waals surface area (Å²) in [5.41, 5.74) is 0.767. The predicted octanol–water partition coefficient (Wildman–Crippen LogP) is 5.63. The summed E-state index contributed by atoms with van der Waals surface area (Å²) in [4.78, 5) is 35.2. The topological polar surface area (TPSA) is 88.1 Å². The van der Waals surface area contributed by atoms with Gasteiger partial charge in [-0.05, 0) is 42.3 Å². The molecule has 0 saturated carbocycles. The van der Waals surface area contributed by atoms with Crippen molar-refractivity contribution in [3.8, 4) is 17.2 Å². The van der Waals surface area contributed by atoms with E-state index in [9.17, 15) is 14.4 Å². The summed E-state index contributed by atoms with van der Waals surface area (Å²) in [6, 6.07) is 11.4. The molecule has 2 aromatic carbocycles. The van der Waals surface area contributed by atoms with Crippen LogP contribution in [-0.2, 0) is 20.9 Å². The number of carbonyl (C=O) groups is 3. The first kappa shape index (κ1) is 25.9. The van der Waals surface area contributed by atoms with E-state index in [2.05, 4.69) is 6.92 Å². The zero-order chi connectivity index (χ0) is 24.1. The van der Waals surface area contributed by atoms with E-state index >= 15 is 0 Å². The second-order valence-corrected chi connectivity index (χ2v) is 7.68. The first-order chi connectivity index (χ1) is 15.9. The number of ether oxygens (including phenoxy) is 4. The number of benzene rings is 2. The molecule has 0 N–H and O–H groups in total. The van der Waals surface area contributed by atoms with Crippen LogP contribution in [0.25, 0.3) is 0 Å². The molecular weight excluding hydrogens is 424 g/mol. The van der Waals surface area contributed by atoms with Crippen LogP contribution in [0, 0.1) is 0 Å². The van der Waals surface area contributed by atoms with Crippen LogP contribution in [0.15, 0.2) is 42.5 Å². The molecule has 2 rings (SSSR count). The van der Waals surface area contributed by atoms with Gasteiger partial charge in [0.2, 0.25) is 0 Å². The molecule has 178 valence electrons. The van der Waals surface area contributed by atoms with Gasteiger partial charge in [-0.15, -0.1) is 0 Å². The third-order valence-corrected chi connectivity index (χ3v) is 4.75. The van der Waals surface area contributed by atoms with Crippen molar-refractivity contribution in [3.63, 3.8) is 0 Å². The highest BCUT2D eigenvalue weighted by molar-refractivity contribution is 5.94. The van der Waals surface area contributed by atoms with Gasteiger partial charge in [0.15, 0.2) is 0 Å². The maximum atomic E-state index is 12.6. The third-order valence-electron chi connectivity index (χ3n) is 4.75. The second kappa shape index (κ2) is 13.9. The molecule has 0 radical (unpaired) electrons. The van der Waals surface area contributed by atoms with Gasteiger partial charge in [0.25, 0.3) is 0 Å². The molecule has 0 aliphatic carbocycles. The normalized spacial score (nSPS) is 10.4. The highest BCUT2D eigenvalue weighted by Crippen LogP contribution is 2.26. The molecule has 0 spiro atoms. The Morgan fingerprint density at radius 3 is 2.06 bits per heavy atom. The molecule has 0 atom stereocenters. The van der Waals surface area contributed by atoms with E-state index in [1.54, 1.807) is 0 Å². The van der Waals surface area contributed by atoms with Gasteiger partial charge >= 0.3 is 17.9 Å². The van der Waals surface area contributed by atoms with Crippen molar-refractivity contribution in [2.75, 3.05) is 6.61 Å². The maximum Gasteiger partial charge on any atom is 0.342 e. The quantitative estimate of drug-likeness (QED) is 0.219. The summed E-state index contributed by atoms with van der Waals surface area (Å²) in [7, 11) is 0. The molecular formula is C26H32O7. The van der Waals surface area contributed by atoms with Crippen LogP contribution in [0.1, 0.15) is 75.2 Å². The SMILES string of the molecule is CCCCCCCCOc1ccc(COC(=O)c2cc(OC(C)=O)ccc2OC(C)=O)cc1. The monoisotopic (exact) mass is 456 g/mol. The van der Waals surface area contributed by atoms with E-state index in [1.807, 2.05) is 24.3 Å². The first-order valence-electron chi connectivity index (χ1n) is 11.3. The molecule has 0 unspecified atom stereocenters. The summed E-state index contributed by atoms with van der Waals surface area (Å²) >= 11 is 0. The molecule has 0 aliphatic rings. The van der Waals surface area contributed by atoms with Gasteiger partial charge in [0.05, 0.1) is 6.61 Å². The molecule has 0 saturated heterocycles. The Bertz CT molecular complexity index is 919. The van der Waals surface area contributed by atoms with E-state index in [-0.39, 0.29) is 23.7 Å². The summed E-state index contributed by atoms with van der Waals surface area (Å²) in [5, 5.41) is 0. The van der Waals surface area contributed by atoms with Crippen LogP contribution in [0.3, 0.4) is 0 Å². The molecule has 0 aromatic heterocycles. The predicted molar refractivity (Wildman–Crippen MR) is 123 cm³/mol. The zero-order valence-corrected chi connectivity index (χ0v) is 19.6. The Hall–Kier alpha value is -3.35. The van der Waals surface area contributed by atoms with Crippen molar-refractivity contribution in [1.82, 2.24) is 0 Å². The van der Waals surface area contributed by atoms with E-state index < -0.39 is 17.9 Å². The van der Waals surface area contributed by atoms with Crippen LogP contribution in [-0.4, -0.2) is 24.5 Å². The van der Waals surface area contributed by atoms with Crippen molar-refractivity contribution in [1.29, 1.82) is 0 Å². The zero-order valence-electron chi connectivity index (χ0n) is 19.6. The first-order valence-corrected chi connectivity index (χ1v) is 11.3. The lowest BCUT2D eigenvalue weighted by atomic mass is 10.1. The molecule has 0 amide bonds. The second-order valence-electron chi connectivity index (χ2n) is 7.68. The van der Waals surface area contributed by atoms with Crippen LogP contribution in [0.4, 0.5) is 0 Å². The lowest BCUT2D eigenvalue weighted by Gasteiger charge is -2.11. The number of esters is 3. The third kappa shape index (κ3) is 9.76. The van der Waals surface area contributed by atoms with Crippen molar-refractivity contribution < 1.29 is 33.3 Å². The number of rotatable bonds is 13. The number of hydrogen-bond acceptors (Lipinski definition) is 7. The minimum Gasteiger partial charge on any atom is -0.494 e. The summed E-state index contributed by atoms with van der Waals surface area (Å²) in [6.45, 7) is 5.38. The molecule has 0 bridgehead atoms. The fraction of sp³-hybridized carbons (Fsp3) is 0.423. The molecule has 0 fully saturated rings. The molecule has 0 heterocycles. The Morgan fingerprint density at radius 1 is 0.758 bits per heavy atom. The average Bonchev–Trinajstić information content (AvgIpc) is 2.78. The smallest absolute Gasteiger partial charge is 0.342 e. The summed E-state index contributed by atoms with van der Waals surface area (Å²) in [6.07, 6.45) is 7.24. The van der Waals surface area contributed by atoms with Gasteiger partial charge in [-0.3, -0.25) is 9.59 Å². The molecule has 7 nitrogen and oxygen atoms in total. The maximum absolute atomic E-state index is 12.6. The van der Waals surface area contributed by atoms with Crippen LogP contribution in [0.5, 0.6) is 17.2 Å². The molecule has 0 aliphatic heterocycles. The standard InChI is InChI=1S/C26H32O7/c1-4-5-6-7-8-9-16-30-22-12-10-21(11-13-22)18-31-26(29)24-17-23(32-19(2)27)14-15-25(24)33-20(3)28/h10-15,17H,4-9,16,18H2,1-3H3. The highest BCUT2D eigenvalue weighted by atomic mass is 16.6. The van der Waals surface area contributed by atoms with Gasteiger partial charge in [0, 0.05) is 13.8 Å². The van der Waals surface area contributed by atoms with Gasteiger partial charge in [-0.1, -0.05) is 51.2 Å². The Labute approximate surface area is 195 Å². The highest BCUT2D eigenvalue weighted by Gasteiger charge is 2.18. The molecule has 2 aromatic rings. The fourth-order valence-electron chi connectivity index (χ4n) is 3.12. The van der Waals surface area contributed by atoms with E-state index in [0.29, 0.717) is 6.61 Å². The van der Waals surface area contributed by atoms with E-state index in [1.165, 1.54) is 64.2 Å². The number of carbonyl (C=O) groups excluding carboxylic acids is 3. The van der Waals surface area contributed by atoms with Crippen molar-refractivity contribution in [3.05, 3.63) is 53.6 Å². The van der Waals surface area contributed by atoms with Crippen molar-refractivity contribution >= 4 is 17.9 Å². The average molecular weight is 457 g/mol. The number of unbranched alkanes of at least 4 members (excludes halogenated alkanes) is 5. The van der Waals surface area contributed by atoms with Crippen LogP contribution < -0.4 is 14.2 Å². The van der Waals surface area contributed by atoms with Crippen LogP contribution in [0.2, 0.25) is 0 Å². The lowest BCUT2D eigenvalue weighted by molar-refractivity contribution is -0.133. The Morgan fingerprint density at radius 2 is 1.39 bits per heavy atom. The lowest BCUT2D eigenvalue weighted by Crippen LogP contribution is -2.11. The summed E-state index contributed by atoms with van der Waals surface area (Å²) < 4.78 is 21.2. The minimum absolute atomic E-state index is 0.0113. The number of hydrogen-bond donors (Lipinski definition) is 0.